The quantitative estimate of drug-likeness (QED) is 0.691. The van der Waals surface area contributed by atoms with Gasteiger partial charge in [0.15, 0.2) is 9.84 Å². The fraction of sp³-hybridized carbons (Fsp3) is 1.00. The molecule has 0 N–H and O–H groups in total. The molecule has 0 saturated heterocycles. The van der Waals surface area contributed by atoms with Gasteiger partial charge < -0.3 is 0 Å². The summed E-state index contributed by atoms with van der Waals surface area (Å²) in [5, 5.41) is -0.0716. The van der Waals surface area contributed by atoms with Gasteiger partial charge in [-0.3, -0.25) is 0 Å². The van der Waals surface area contributed by atoms with E-state index in [0.29, 0.717) is 18.1 Å². The molecule has 1 saturated carbocycles. The van der Waals surface area contributed by atoms with Crippen molar-refractivity contribution in [2.45, 2.75) is 63.0 Å². The molecule has 0 aromatic carbocycles. The van der Waals surface area contributed by atoms with Crippen molar-refractivity contribution >= 4 is 21.4 Å². The molecule has 1 unspecified atom stereocenters. The van der Waals surface area contributed by atoms with Crippen molar-refractivity contribution < 1.29 is 8.42 Å². The maximum absolute atomic E-state index is 11.6. The smallest absolute Gasteiger partial charge is 0.152 e. The van der Waals surface area contributed by atoms with Gasteiger partial charge in [0, 0.05) is 5.38 Å². The summed E-state index contributed by atoms with van der Waals surface area (Å²) in [6, 6.07) is 0. The van der Waals surface area contributed by atoms with Gasteiger partial charge in [0.2, 0.25) is 0 Å². The Morgan fingerprint density at radius 3 is 2.31 bits per heavy atom. The zero-order valence-electron chi connectivity index (χ0n) is 10.3. The molecule has 2 nitrogen and oxygen atoms in total. The zero-order chi connectivity index (χ0) is 12.2. The minimum absolute atomic E-state index is 0.185. The molecule has 0 bridgehead atoms. The second kappa shape index (κ2) is 6.25. The number of hydrogen-bond acceptors (Lipinski definition) is 2. The molecule has 0 spiro atoms. The van der Waals surface area contributed by atoms with E-state index in [1.54, 1.807) is 13.8 Å². The molecule has 0 amide bonds. The van der Waals surface area contributed by atoms with Gasteiger partial charge in [0.25, 0.3) is 0 Å². The van der Waals surface area contributed by atoms with E-state index in [1.165, 1.54) is 25.7 Å². The first kappa shape index (κ1) is 14.3. The van der Waals surface area contributed by atoms with E-state index in [9.17, 15) is 8.42 Å². The predicted molar refractivity (Wildman–Crippen MR) is 69.8 cm³/mol. The van der Waals surface area contributed by atoms with Gasteiger partial charge in [-0.25, -0.2) is 8.42 Å². The molecule has 0 aliphatic heterocycles. The van der Waals surface area contributed by atoms with Gasteiger partial charge in [-0.05, 0) is 45.4 Å². The third kappa shape index (κ3) is 4.25. The van der Waals surface area contributed by atoms with Crippen molar-refractivity contribution in [3.05, 3.63) is 0 Å². The van der Waals surface area contributed by atoms with E-state index in [-0.39, 0.29) is 10.6 Å². The summed E-state index contributed by atoms with van der Waals surface area (Å²) in [5.41, 5.74) is 0. The molecule has 1 aliphatic carbocycles. The standard InChI is InChI=1S/C12H23ClO2S/c1-10(2)16(14,15)9-5-8-12(13)11-6-3-4-7-11/h10-12H,3-9H2,1-2H3. The van der Waals surface area contributed by atoms with Gasteiger partial charge in [0.05, 0.1) is 11.0 Å². The Labute approximate surface area is 105 Å². The molecule has 0 aromatic rings. The Kier molecular flexibility index (Phi) is 5.58. The van der Waals surface area contributed by atoms with E-state index in [1.807, 2.05) is 0 Å². The molecule has 4 heteroatoms. The molecule has 96 valence electrons. The van der Waals surface area contributed by atoms with Crippen LogP contribution in [0.25, 0.3) is 0 Å². The van der Waals surface area contributed by atoms with Crippen LogP contribution in [0.5, 0.6) is 0 Å². The number of alkyl halides is 1. The second-order valence-corrected chi connectivity index (χ2v) is 8.36. The Morgan fingerprint density at radius 1 is 1.25 bits per heavy atom. The maximum atomic E-state index is 11.6. The van der Waals surface area contributed by atoms with Crippen LogP contribution in [0.2, 0.25) is 0 Å². The molecule has 0 heterocycles. The van der Waals surface area contributed by atoms with E-state index in [4.69, 9.17) is 11.6 Å². The van der Waals surface area contributed by atoms with Gasteiger partial charge in [-0.2, -0.15) is 0 Å². The van der Waals surface area contributed by atoms with Crippen LogP contribution in [0.1, 0.15) is 52.4 Å². The lowest BCUT2D eigenvalue weighted by Crippen LogP contribution is -2.19. The summed E-state index contributed by atoms with van der Waals surface area (Å²) in [4.78, 5) is 0. The Hall–Kier alpha value is 0.240. The van der Waals surface area contributed by atoms with Gasteiger partial charge in [0.1, 0.15) is 0 Å². The van der Waals surface area contributed by atoms with Crippen LogP contribution in [-0.2, 0) is 9.84 Å². The summed E-state index contributed by atoms with van der Waals surface area (Å²) in [6.07, 6.45) is 6.59. The lowest BCUT2D eigenvalue weighted by atomic mass is 10.0. The number of hydrogen-bond donors (Lipinski definition) is 0. The SMILES string of the molecule is CC(C)S(=O)(=O)CCCC(Cl)C1CCCC1. The molecule has 0 radical (unpaired) electrons. The topological polar surface area (TPSA) is 34.1 Å². The Balaban J connectivity index is 2.24. The number of halogens is 1. The third-order valence-corrected chi connectivity index (χ3v) is 6.41. The first-order valence-corrected chi connectivity index (χ1v) is 8.44. The van der Waals surface area contributed by atoms with Crippen LogP contribution < -0.4 is 0 Å². The summed E-state index contributed by atoms with van der Waals surface area (Å²) >= 11 is 6.30. The number of rotatable bonds is 6. The second-order valence-electron chi connectivity index (χ2n) is 5.12. The highest BCUT2D eigenvalue weighted by Gasteiger charge is 2.24. The molecule has 1 atom stereocenters. The van der Waals surface area contributed by atoms with E-state index < -0.39 is 9.84 Å². The Morgan fingerprint density at radius 2 is 1.81 bits per heavy atom. The van der Waals surface area contributed by atoms with Gasteiger partial charge >= 0.3 is 0 Å². The van der Waals surface area contributed by atoms with Crippen LogP contribution in [0, 0.1) is 5.92 Å². The maximum Gasteiger partial charge on any atom is 0.152 e. The van der Waals surface area contributed by atoms with Crippen LogP contribution in [0.15, 0.2) is 0 Å². The average molecular weight is 267 g/mol. The molecule has 1 rings (SSSR count). The number of sulfone groups is 1. The van der Waals surface area contributed by atoms with Crippen LogP contribution in [0.4, 0.5) is 0 Å². The highest BCUT2D eigenvalue weighted by molar-refractivity contribution is 7.91. The summed E-state index contributed by atoms with van der Waals surface area (Å²) in [7, 11) is -2.88. The monoisotopic (exact) mass is 266 g/mol. The molecule has 1 aliphatic rings. The lowest BCUT2D eigenvalue weighted by Gasteiger charge is -2.16. The fourth-order valence-corrected chi connectivity index (χ4v) is 3.72. The molecular weight excluding hydrogens is 244 g/mol. The van der Waals surface area contributed by atoms with Crippen molar-refractivity contribution in [3.63, 3.8) is 0 Å². The van der Waals surface area contributed by atoms with Gasteiger partial charge in [-0.15, -0.1) is 11.6 Å². The average Bonchev–Trinajstić information content (AvgIpc) is 2.69. The minimum atomic E-state index is -2.88. The van der Waals surface area contributed by atoms with Crippen molar-refractivity contribution in [2.75, 3.05) is 5.75 Å². The van der Waals surface area contributed by atoms with Crippen LogP contribution in [0.3, 0.4) is 0 Å². The molecule has 16 heavy (non-hydrogen) atoms. The highest BCUT2D eigenvalue weighted by Crippen LogP contribution is 2.32. The van der Waals surface area contributed by atoms with Gasteiger partial charge in [-0.1, -0.05) is 12.8 Å². The minimum Gasteiger partial charge on any atom is -0.229 e. The van der Waals surface area contributed by atoms with Crippen LogP contribution in [-0.4, -0.2) is 24.8 Å². The first-order chi connectivity index (χ1) is 7.43. The van der Waals surface area contributed by atoms with E-state index >= 15 is 0 Å². The summed E-state index contributed by atoms with van der Waals surface area (Å²) < 4.78 is 23.2. The van der Waals surface area contributed by atoms with Crippen molar-refractivity contribution in [2.24, 2.45) is 5.92 Å². The normalized spacial score (nSPS) is 20.5. The van der Waals surface area contributed by atoms with Crippen molar-refractivity contribution in [1.82, 2.24) is 0 Å². The van der Waals surface area contributed by atoms with E-state index in [2.05, 4.69) is 0 Å². The van der Waals surface area contributed by atoms with Crippen LogP contribution >= 0.6 is 11.6 Å². The summed E-state index contributed by atoms with van der Waals surface area (Å²) in [5.74, 6) is 0.920. The van der Waals surface area contributed by atoms with E-state index in [0.717, 1.165) is 6.42 Å². The summed E-state index contributed by atoms with van der Waals surface area (Å²) in [6.45, 7) is 3.48. The largest absolute Gasteiger partial charge is 0.229 e. The third-order valence-electron chi connectivity index (χ3n) is 3.54. The predicted octanol–water partition coefficient (Wildman–Crippen LogP) is 3.39. The Bertz CT molecular complexity index is 292. The highest BCUT2D eigenvalue weighted by atomic mass is 35.5. The van der Waals surface area contributed by atoms with Crippen molar-refractivity contribution in [1.29, 1.82) is 0 Å². The molecular formula is C12H23ClO2S. The molecule has 1 fully saturated rings. The lowest BCUT2D eigenvalue weighted by molar-refractivity contribution is 0.487. The fourth-order valence-electron chi connectivity index (χ4n) is 2.27. The van der Waals surface area contributed by atoms with Crippen molar-refractivity contribution in [3.8, 4) is 0 Å². The first-order valence-electron chi connectivity index (χ1n) is 6.29. The molecule has 0 aromatic heterocycles. The zero-order valence-corrected chi connectivity index (χ0v) is 11.9.